The van der Waals surface area contributed by atoms with E-state index in [-0.39, 0.29) is 18.4 Å². The first-order valence-corrected chi connectivity index (χ1v) is 11.0. The van der Waals surface area contributed by atoms with Crippen molar-refractivity contribution in [2.24, 2.45) is 0 Å². The molecule has 1 unspecified atom stereocenters. The number of nitrogens with zero attached hydrogens (tertiary/aromatic N) is 2. The third-order valence-corrected chi connectivity index (χ3v) is 5.58. The molecule has 9 heteroatoms. The zero-order valence-corrected chi connectivity index (χ0v) is 18.7. The normalized spacial score (nSPS) is 15.5. The maximum Gasteiger partial charge on any atom is 0.226 e. The number of H-pyrrole nitrogens is 1. The number of carbonyl (C=O) groups excluding carboxylic acids is 1. The Hall–Kier alpha value is -3.17. The predicted octanol–water partition coefficient (Wildman–Crippen LogP) is 4.20. The summed E-state index contributed by atoms with van der Waals surface area (Å²) in [5.41, 5.74) is 1.60. The van der Waals surface area contributed by atoms with Gasteiger partial charge in [0.05, 0.1) is 13.2 Å². The summed E-state index contributed by atoms with van der Waals surface area (Å²) in [7, 11) is 1.62. The molecule has 1 saturated heterocycles. The third-order valence-electron chi connectivity index (χ3n) is 5.27. The predicted molar refractivity (Wildman–Crippen MR) is 124 cm³/mol. The Bertz CT molecular complexity index is 1090. The SMILES string of the molecule is COc1ccc(-c2n[nH]c(=S)n2CCC(=O)Nc2ccc(OCC3CCCO3)cc2)cc1. The molecule has 3 aromatic rings. The molecule has 0 radical (unpaired) electrons. The molecule has 0 spiro atoms. The van der Waals surface area contributed by atoms with Gasteiger partial charge in [-0.05, 0) is 73.6 Å². The monoisotopic (exact) mass is 454 g/mol. The highest BCUT2D eigenvalue weighted by atomic mass is 32.1. The van der Waals surface area contributed by atoms with Crippen molar-refractivity contribution in [3.8, 4) is 22.9 Å². The van der Waals surface area contributed by atoms with Crippen LogP contribution in [0.15, 0.2) is 48.5 Å². The quantitative estimate of drug-likeness (QED) is 0.471. The van der Waals surface area contributed by atoms with Crippen molar-refractivity contribution in [3.63, 3.8) is 0 Å². The molecule has 2 heterocycles. The van der Waals surface area contributed by atoms with Crippen molar-refractivity contribution < 1.29 is 19.0 Å². The van der Waals surface area contributed by atoms with E-state index in [1.807, 2.05) is 53.1 Å². The molecule has 1 aliphatic heterocycles. The van der Waals surface area contributed by atoms with Crippen LogP contribution in [0.5, 0.6) is 11.5 Å². The highest BCUT2D eigenvalue weighted by molar-refractivity contribution is 7.71. The van der Waals surface area contributed by atoms with Crippen molar-refractivity contribution in [2.45, 2.75) is 31.9 Å². The van der Waals surface area contributed by atoms with Gasteiger partial charge in [0.2, 0.25) is 5.91 Å². The van der Waals surface area contributed by atoms with Gasteiger partial charge in [0.1, 0.15) is 18.1 Å². The van der Waals surface area contributed by atoms with Crippen LogP contribution in [-0.4, -0.2) is 47.1 Å². The number of methoxy groups -OCH3 is 1. The summed E-state index contributed by atoms with van der Waals surface area (Å²) in [4.78, 5) is 12.5. The molecular weight excluding hydrogens is 428 g/mol. The van der Waals surface area contributed by atoms with Crippen LogP contribution in [0.3, 0.4) is 0 Å². The lowest BCUT2D eigenvalue weighted by Crippen LogP contribution is -2.16. The first-order chi connectivity index (χ1) is 15.6. The molecule has 1 fully saturated rings. The van der Waals surface area contributed by atoms with Crippen molar-refractivity contribution >= 4 is 23.8 Å². The second-order valence-electron chi connectivity index (χ2n) is 7.50. The first kappa shape index (κ1) is 22.0. The molecule has 168 valence electrons. The van der Waals surface area contributed by atoms with Crippen LogP contribution in [-0.2, 0) is 16.1 Å². The molecule has 8 nitrogen and oxygen atoms in total. The molecule has 2 N–H and O–H groups in total. The van der Waals surface area contributed by atoms with Crippen LogP contribution in [0.4, 0.5) is 5.69 Å². The van der Waals surface area contributed by atoms with Crippen molar-refractivity contribution in [3.05, 3.63) is 53.3 Å². The van der Waals surface area contributed by atoms with Gasteiger partial charge in [-0.25, -0.2) is 0 Å². The van der Waals surface area contributed by atoms with Gasteiger partial charge >= 0.3 is 0 Å². The molecule has 1 aliphatic rings. The fraction of sp³-hybridized carbons (Fsp3) is 0.348. The van der Waals surface area contributed by atoms with E-state index >= 15 is 0 Å². The number of aromatic nitrogens is 3. The number of rotatable bonds is 9. The van der Waals surface area contributed by atoms with E-state index in [0.29, 0.717) is 29.4 Å². The smallest absolute Gasteiger partial charge is 0.226 e. The van der Waals surface area contributed by atoms with Gasteiger partial charge in [-0.3, -0.25) is 14.5 Å². The Labute approximate surface area is 191 Å². The maximum atomic E-state index is 12.5. The number of aromatic amines is 1. The zero-order valence-electron chi connectivity index (χ0n) is 17.9. The highest BCUT2D eigenvalue weighted by Crippen LogP contribution is 2.22. The minimum Gasteiger partial charge on any atom is -0.497 e. The van der Waals surface area contributed by atoms with Gasteiger partial charge in [0.25, 0.3) is 0 Å². The van der Waals surface area contributed by atoms with Crippen molar-refractivity contribution in [1.29, 1.82) is 0 Å². The van der Waals surface area contributed by atoms with Gasteiger partial charge in [0.15, 0.2) is 10.6 Å². The van der Waals surface area contributed by atoms with Crippen LogP contribution in [0, 0.1) is 4.77 Å². The Balaban J connectivity index is 1.31. The minimum atomic E-state index is -0.109. The first-order valence-electron chi connectivity index (χ1n) is 10.6. The molecule has 2 aromatic carbocycles. The Morgan fingerprint density at radius 1 is 1.22 bits per heavy atom. The molecule has 0 aliphatic carbocycles. The molecule has 0 saturated carbocycles. The lowest BCUT2D eigenvalue weighted by Gasteiger charge is -2.12. The van der Waals surface area contributed by atoms with Gasteiger partial charge in [-0.15, -0.1) is 0 Å². The minimum absolute atomic E-state index is 0.109. The van der Waals surface area contributed by atoms with Crippen LogP contribution in [0.1, 0.15) is 19.3 Å². The average molecular weight is 455 g/mol. The molecular formula is C23H26N4O4S. The van der Waals surface area contributed by atoms with Crippen LogP contribution in [0.25, 0.3) is 11.4 Å². The lowest BCUT2D eigenvalue weighted by molar-refractivity contribution is -0.116. The van der Waals surface area contributed by atoms with Crippen LogP contribution in [0.2, 0.25) is 0 Å². The fourth-order valence-corrected chi connectivity index (χ4v) is 3.75. The van der Waals surface area contributed by atoms with E-state index < -0.39 is 0 Å². The summed E-state index contributed by atoms with van der Waals surface area (Å²) >= 11 is 5.35. The molecule has 1 aromatic heterocycles. The number of hydrogen-bond acceptors (Lipinski definition) is 6. The van der Waals surface area contributed by atoms with Gasteiger partial charge in [0, 0.05) is 30.8 Å². The van der Waals surface area contributed by atoms with Crippen molar-refractivity contribution in [2.75, 3.05) is 25.6 Å². The number of carbonyl (C=O) groups is 1. The number of benzene rings is 2. The number of nitrogens with one attached hydrogen (secondary N) is 2. The van der Waals surface area contributed by atoms with E-state index in [1.165, 1.54) is 0 Å². The number of hydrogen-bond donors (Lipinski definition) is 2. The summed E-state index contributed by atoms with van der Waals surface area (Å²) in [6, 6.07) is 14.9. The molecule has 4 rings (SSSR count). The topological polar surface area (TPSA) is 90.4 Å². The van der Waals surface area contributed by atoms with E-state index in [1.54, 1.807) is 7.11 Å². The van der Waals surface area contributed by atoms with Gasteiger partial charge < -0.3 is 19.5 Å². The number of anilines is 1. The highest BCUT2D eigenvalue weighted by Gasteiger charge is 2.16. The van der Waals surface area contributed by atoms with E-state index in [9.17, 15) is 4.79 Å². The number of amides is 1. The standard InChI is InChI=1S/C23H26N4O4S/c1-29-18-8-4-16(5-9-18)22-25-26-23(32)27(22)13-12-21(28)24-17-6-10-19(11-7-17)31-15-20-3-2-14-30-20/h4-11,20H,2-3,12-15H2,1H3,(H,24,28)(H,26,32). The molecule has 1 amide bonds. The fourth-order valence-electron chi connectivity index (χ4n) is 3.52. The second kappa shape index (κ2) is 10.4. The molecule has 32 heavy (non-hydrogen) atoms. The Morgan fingerprint density at radius 3 is 2.66 bits per heavy atom. The largest absolute Gasteiger partial charge is 0.497 e. The third kappa shape index (κ3) is 5.54. The maximum absolute atomic E-state index is 12.5. The molecule has 1 atom stereocenters. The number of ether oxygens (including phenoxy) is 3. The second-order valence-corrected chi connectivity index (χ2v) is 7.89. The summed E-state index contributed by atoms with van der Waals surface area (Å²) < 4.78 is 18.8. The van der Waals surface area contributed by atoms with Crippen molar-refractivity contribution in [1.82, 2.24) is 14.8 Å². The van der Waals surface area contributed by atoms with E-state index in [0.717, 1.165) is 36.5 Å². The van der Waals surface area contributed by atoms with Gasteiger partial charge in [-0.2, -0.15) is 5.10 Å². The Kier molecular flexibility index (Phi) is 7.18. The van der Waals surface area contributed by atoms with Crippen LogP contribution >= 0.6 is 12.2 Å². The summed E-state index contributed by atoms with van der Waals surface area (Å²) in [6.45, 7) is 1.77. The summed E-state index contributed by atoms with van der Waals surface area (Å²) in [6.07, 6.45) is 2.56. The van der Waals surface area contributed by atoms with E-state index in [4.69, 9.17) is 26.4 Å². The average Bonchev–Trinajstić information content (AvgIpc) is 3.47. The van der Waals surface area contributed by atoms with Gasteiger partial charge in [-0.1, -0.05) is 0 Å². The molecule has 0 bridgehead atoms. The summed E-state index contributed by atoms with van der Waals surface area (Å²) in [5, 5.41) is 10.0. The lowest BCUT2D eigenvalue weighted by atomic mass is 10.2. The van der Waals surface area contributed by atoms with E-state index in [2.05, 4.69) is 15.5 Å². The zero-order chi connectivity index (χ0) is 22.3. The van der Waals surface area contributed by atoms with Crippen LogP contribution < -0.4 is 14.8 Å². The Morgan fingerprint density at radius 2 is 1.97 bits per heavy atom. The summed E-state index contributed by atoms with van der Waals surface area (Å²) in [5.74, 6) is 2.09.